The molecule has 2 aliphatic rings. The summed E-state index contributed by atoms with van der Waals surface area (Å²) in [5, 5.41) is 0. The van der Waals surface area contributed by atoms with E-state index in [1.165, 1.54) is 31.3 Å². The number of nitrogens with one attached hydrogen (secondary N) is 1. The number of nitrogens with zero attached hydrogens (tertiary/aromatic N) is 1. The Morgan fingerprint density at radius 3 is 2.32 bits per heavy atom. The van der Waals surface area contributed by atoms with Gasteiger partial charge in [-0.3, -0.25) is 14.5 Å². The predicted molar refractivity (Wildman–Crippen MR) is 101 cm³/mol. The van der Waals surface area contributed by atoms with Gasteiger partial charge in [0, 0.05) is 13.7 Å². The van der Waals surface area contributed by atoms with Gasteiger partial charge in [-0.2, -0.15) is 0 Å². The minimum atomic E-state index is -3.82. The van der Waals surface area contributed by atoms with Gasteiger partial charge in [0.2, 0.25) is 21.8 Å². The molecule has 1 saturated heterocycles. The Bertz CT molecular complexity index is 830. The number of imide groups is 1. The van der Waals surface area contributed by atoms with E-state index in [0.717, 1.165) is 25.7 Å². The second kappa shape index (κ2) is 8.59. The molecule has 2 amide bonds. The van der Waals surface area contributed by atoms with Crippen molar-refractivity contribution in [2.75, 3.05) is 27.4 Å². The summed E-state index contributed by atoms with van der Waals surface area (Å²) in [6.45, 7) is 0.425. The molecule has 3 rings (SSSR count). The third-order valence-electron chi connectivity index (χ3n) is 5.39. The van der Waals surface area contributed by atoms with E-state index in [9.17, 15) is 18.0 Å². The van der Waals surface area contributed by atoms with Crippen LogP contribution in [-0.2, 0) is 30.9 Å². The molecule has 0 unspecified atom stereocenters. The Balaban J connectivity index is 1.83. The summed E-state index contributed by atoms with van der Waals surface area (Å²) in [6.07, 6.45) is 3.42. The summed E-state index contributed by atoms with van der Waals surface area (Å²) >= 11 is 0. The Morgan fingerprint density at radius 1 is 1.11 bits per heavy atom. The second-order valence-electron chi connectivity index (χ2n) is 7.14. The Hall–Kier alpha value is -1.97. The monoisotopic (exact) mass is 410 g/mol. The van der Waals surface area contributed by atoms with Crippen molar-refractivity contribution in [3.8, 4) is 5.75 Å². The summed E-state index contributed by atoms with van der Waals surface area (Å²) in [5.41, 5.74) is 0.563. The maximum atomic E-state index is 12.7. The molecular weight excluding hydrogens is 384 g/mol. The van der Waals surface area contributed by atoms with E-state index in [0.29, 0.717) is 5.56 Å². The molecule has 2 fully saturated rings. The number of sulfonamides is 1. The van der Waals surface area contributed by atoms with Gasteiger partial charge in [-0.25, -0.2) is 13.1 Å². The zero-order chi connectivity index (χ0) is 20.3. The number of hydrogen-bond acceptors (Lipinski definition) is 6. The summed E-state index contributed by atoms with van der Waals surface area (Å²) < 4.78 is 37.7. The van der Waals surface area contributed by atoms with Crippen LogP contribution in [-0.4, -0.2) is 52.5 Å². The lowest BCUT2D eigenvalue weighted by Crippen LogP contribution is -2.31. The SMILES string of the molecule is COCCNS(=O)(=O)c1cc(CN2C(=O)[C@@H]3CCCC[C@H]3C2=O)ccc1OC. The number of hydrogen-bond donors (Lipinski definition) is 1. The number of rotatable bonds is 8. The highest BCUT2D eigenvalue weighted by Gasteiger charge is 2.47. The molecule has 1 saturated carbocycles. The highest BCUT2D eigenvalue weighted by atomic mass is 32.2. The number of fused-ring (bicyclic) bond motifs is 1. The topological polar surface area (TPSA) is 102 Å². The van der Waals surface area contributed by atoms with Crippen LogP contribution in [0, 0.1) is 11.8 Å². The maximum absolute atomic E-state index is 12.7. The third-order valence-corrected chi connectivity index (χ3v) is 6.87. The van der Waals surface area contributed by atoms with Gasteiger partial charge in [0.05, 0.1) is 32.1 Å². The smallest absolute Gasteiger partial charge is 0.244 e. The van der Waals surface area contributed by atoms with Crippen molar-refractivity contribution in [1.29, 1.82) is 0 Å². The molecule has 0 radical (unpaired) electrons. The van der Waals surface area contributed by atoms with E-state index >= 15 is 0 Å². The van der Waals surface area contributed by atoms with Crippen LogP contribution in [0.25, 0.3) is 0 Å². The highest BCUT2D eigenvalue weighted by molar-refractivity contribution is 7.89. The van der Waals surface area contributed by atoms with Crippen molar-refractivity contribution in [1.82, 2.24) is 9.62 Å². The molecule has 1 N–H and O–H groups in total. The molecule has 2 atom stereocenters. The first-order chi connectivity index (χ1) is 13.4. The van der Waals surface area contributed by atoms with Crippen molar-refractivity contribution >= 4 is 21.8 Å². The molecule has 8 nitrogen and oxygen atoms in total. The van der Waals surface area contributed by atoms with Gasteiger partial charge in [0.25, 0.3) is 0 Å². The first-order valence-electron chi connectivity index (χ1n) is 9.39. The van der Waals surface area contributed by atoms with Gasteiger partial charge in [-0.1, -0.05) is 18.9 Å². The van der Waals surface area contributed by atoms with Crippen LogP contribution in [0.1, 0.15) is 31.2 Å². The normalized spacial score (nSPS) is 22.4. The summed E-state index contributed by atoms with van der Waals surface area (Å²) in [7, 11) is -0.949. The number of likely N-dealkylation sites (tertiary alicyclic amines) is 1. The molecule has 28 heavy (non-hydrogen) atoms. The van der Waals surface area contributed by atoms with Crippen LogP contribution in [0.3, 0.4) is 0 Å². The molecule has 1 aromatic rings. The Morgan fingerprint density at radius 2 is 1.75 bits per heavy atom. The summed E-state index contributed by atoms with van der Waals surface area (Å²) in [5.74, 6) is -0.542. The third kappa shape index (κ3) is 4.06. The molecule has 9 heteroatoms. The molecule has 0 spiro atoms. The Kier molecular flexibility index (Phi) is 6.36. The van der Waals surface area contributed by atoms with E-state index in [1.807, 2.05) is 0 Å². The van der Waals surface area contributed by atoms with E-state index < -0.39 is 10.0 Å². The molecular formula is C19H26N2O6S. The molecule has 1 aromatic carbocycles. The van der Waals surface area contributed by atoms with Gasteiger partial charge in [0.15, 0.2) is 0 Å². The number of ether oxygens (including phenoxy) is 2. The van der Waals surface area contributed by atoms with E-state index in [-0.39, 0.29) is 54.0 Å². The van der Waals surface area contributed by atoms with Gasteiger partial charge < -0.3 is 9.47 Å². The lowest BCUT2D eigenvalue weighted by Gasteiger charge is -2.19. The van der Waals surface area contributed by atoms with Crippen LogP contribution in [0.2, 0.25) is 0 Å². The first kappa shape index (κ1) is 20.8. The summed E-state index contributed by atoms with van der Waals surface area (Å²) in [6, 6.07) is 4.67. The predicted octanol–water partition coefficient (Wildman–Crippen LogP) is 1.30. The number of carbonyl (C=O) groups excluding carboxylic acids is 2. The number of methoxy groups -OCH3 is 2. The lowest BCUT2D eigenvalue weighted by molar-refractivity contribution is -0.140. The fourth-order valence-corrected chi connectivity index (χ4v) is 5.19. The van der Waals surface area contributed by atoms with Crippen LogP contribution < -0.4 is 9.46 Å². The largest absolute Gasteiger partial charge is 0.495 e. The standard InChI is InChI=1S/C19H26N2O6S/c1-26-10-9-20-28(24,25)17-11-13(7-8-16(17)27-2)12-21-18(22)14-5-3-4-6-15(14)19(21)23/h7-8,11,14-15,20H,3-6,9-10,12H2,1-2H3/t14-,15-/m1/s1. The van der Waals surface area contributed by atoms with Gasteiger partial charge in [-0.05, 0) is 30.5 Å². The molecule has 1 aliphatic carbocycles. The van der Waals surface area contributed by atoms with Crippen molar-refractivity contribution in [2.45, 2.75) is 37.1 Å². The fourth-order valence-electron chi connectivity index (χ4n) is 3.95. The molecule has 154 valence electrons. The van der Waals surface area contributed by atoms with Crippen molar-refractivity contribution in [3.05, 3.63) is 23.8 Å². The quantitative estimate of drug-likeness (QED) is 0.512. The zero-order valence-electron chi connectivity index (χ0n) is 16.1. The van der Waals surface area contributed by atoms with Crippen molar-refractivity contribution < 1.29 is 27.5 Å². The van der Waals surface area contributed by atoms with E-state index in [1.54, 1.807) is 6.07 Å². The minimum absolute atomic E-state index is 0.0277. The highest BCUT2D eigenvalue weighted by Crippen LogP contribution is 2.38. The van der Waals surface area contributed by atoms with Crippen molar-refractivity contribution in [3.63, 3.8) is 0 Å². The van der Waals surface area contributed by atoms with Crippen LogP contribution >= 0.6 is 0 Å². The molecule has 0 bridgehead atoms. The van der Waals surface area contributed by atoms with Crippen molar-refractivity contribution in [2.24, 2.45) is 11.8 Å². The van der Waals surface area contributed by atoms with Gasteiger partial charge >= 0.3 is 0 Å². The average Bonchev–Trinajstić information content (AvgIpc) is 2.93. The summed E-state index contributed by atoms with van der Waals surface area (Å²) in [4.78, 5) is 26.6. The van der Waals surface area contributed by atoms with Crippen LogP contribution in [0.4, 0.5) is 0 Å². The number of benzene rings is 1. The van der Waals surface area contributed by atoms with Crippen LogP contribution in [0.15, 0.2) is 23.1 Å². The van der Waals surface area contributed by atoms with Gasteiger partial charge in [-0.15, -0.1) is 0 Å². The average molecular weight is 410 g/mol. The minimum Gasteiger partial charge on any atom is -0.495 e. The lowest BCUT2D eigenvalue weighted by atomic mass is 9.81. The molecule has 0 aromatic heterocycles. The fraction of sp³-hybridized carbons (Fsp3) is 0.579. The van der Waals surface area contributed by atoms with E-state index in [4.69, 9.17) is 9.47 Å². The number of carbonyl (C=O) groups is 2. The first-order valence-corrected chi connectivity index (χ1v) is 10.9. The zero-order valence-corrected chi connectivity index (χ0v) is 17.0. The van der Waals surface area contributed by atoms with Crippen LogP contribution in [0.5, 0.6) is 5.75 Å². The second-order valence-corrected chi connectivity index (χ2v) is 8.87. The number of amides is 2. The molecule has 1 heterocycles. The Labute approximate surface area is 165 Å². The maximum Gasteiger partial charge on any atom is 0.244 e. The molecule has 1 aliphatic heterocycles. The van der Waals surface area contributed by atoms with Gasteiger partial charge in [0.1, 0.15) is 10.6 Å². The van der Waals surface area contributed by atoms with E-state index in [2.05, 4.69) is 4.72 Å².